The summed E-state index contributed by atoms with van der Waals surface area (Å²) >= 11 is 0. The topological polar surface area (TPSA) is 142 Å². The monoisotopic (exact) mass is 510 g/mol. The van der Waals surface area contributed by atoms with E-state index in [1.54, 1.807) is 17.2 Å². The number of carbonyl (C=O) groups is 1. The van der Waals surface area contributed by atoms with Crippen LogP contribution in [-0.4, -0.2) is 58.2 Å². The lowest BCUT2D eigenvalue weighted by atomic mass is 9.97. The summed E-state index contributed by atoms with van der Waals surface area (Å²) in [5.41, 5.74) is 13.0. The number of carbonyl (C=O) groups excluding carboxylic acids is 1. The maximum absolute atomic E-state index is 13.1. The van der Waals surface area contributed by atoms with Crippen LogP contribution in [0.1, 0.15) is 29.7 Å². The number of aromatic hydroxyl groups is 1. The summed E-state index contributed by atoms with van der Waals surface area (Å²) < 4.78 is 1.88. The van der Waals surface area contributed by atoms with Gasteiger partial charge in [0.2, 0.25) is 5.91 Å². The van der Waals surface area contributed by atoms with Crippen LogP contribution in [0.2, 0.25) is 0 Å². The molecule has 5 aromatic rings. The fourth-order valence-corrected chi connectivity index (χ4v) is 5.23. The fraction of sp³-hybridized carbons (Fsp3) is 0.286. The molecule has 194 valence electrons. The Labute approximate surface area is 219 Å². The molecule has 3 aromatic heterocycles. The second-order valence-electron chi connectivity index (χ2n) is 9.81. The third-order valence-electron chi connectivity index (χ3n) is 7.35. The molecule has 1 amide bonds. The van der Waals surface area contributed by atoms with E-state index in [2.05, 4.69) is 39.2 Å². The van der Waals surface area contributed by atoms with Gasteiger partial charge >= 0.3 is 0 Å². The van der Waals surface area contributed by atoms with E-state index in [1.165, 1.54) is 0 Å². The Morgan fingerprint density at radius 2 is 2.11 bits per heavy atom. The van der Waals surface area contributed by atoms with Crippen LogP contribution in [0.5, 0.6) is 5.75 Å². The largest absolute Gasteiger partial charge is 0.508 e. The van der Waals surface area contributed by atoms with Gasteiger partial charge in [0.15, 0.2) is 5.82 Å². The minimum absolute atomic E-state index is 0.0896. The van der Waals surface area contributed by atoms with Gasteiger partial charge < -0.3 is 25.3 Å². The Bertz CT molecular complexity index is 1650. The number of hydrogen-bond donors (Lipinski definition) is 4. The molecular formula is C28H30N8O2. The molecule has 0 saturated carbocycles. The summed E-state index contributed by atoms with van der Waals surface area (Å²) in [6, 6.07) is 11.0. The number of hydrogen-bond acceptors (Lipinski definition) is 6. The second kappa shape index (κ2) is 9.46. The number of aromatic amines is 2. The number of fused-ring (bicyclic) bond motifs is 2. The van der Waals surface area contributed by atoms with Crippen LogP contribution in [0.3, 0.4) is 0 Å². The van der Waals surface area contributed by atoms with Crippen molar-refractivity contribution in [1.82, 2.24) is 34.6 Å². The summed E-state index contributed by atoms with van der Waals surface area (Å²) in [5.74, 6) is 1.65. The van der Waals surface area contributed by atoms with E-state index < -0.39 is 6.04 Å². The summed E-state index contributed by atoms with van der Waals surface area (Å²) in [4.78, 5) is 27.4. The van der Waals surface area contributed by atoms with Gasteiger partial charge in [0.25, 0.3) is 0 Å². The van der Waals surface area contributed by atoms with Crippen molar-refractivity contribution in [2.24, 2.45) is 12.8 Å². The highest BCUT2D eigenvalue weighted by atomic mass is 16.3. The molecule has 0 aliphatic carbocycles. The first-order valence-corrected chi connectivity index (χ1v) is 12.8. The first kappa shape index (κ1) is 23.9. The first-order chi connectivity index (χ1) is 18.4. The number of aromatic nitrogens is 6. The average molecular weight is 511 g/mol. The van der Waals surface area contributed by atoms with Gasteiger partial charge in [-0.1, -0.05) is 19.1 Å². The molecule has 1 aliphatic rings. The molecule has 10 heteroatoms. The Morgan fingerprint density at radius 1 is 1.24 bits per heavy atom. The van der Waals surface area contributed by atoms with E-state index >= 15 is 0 Å². The maximum Gasteiger partial charge on any atom is 0.240 e. The highest BCUT2D eigenvalue weighted by Crippen LogP contribution is 2.33. The number of amides is 1. The standard InChI is InChI=1S/C28H30N8O2/c1-3-16-12-18(37)5-7-19(16)17-4-6-20-23(13-17)33-34-26(20)27-31-22-8-10-36(15-24(22)32-27)28(38)21(29)14-25-30-9-11-35(25)2/h4-7,9,11-13,21,37H,3,8,10,14-15,29H2,1-2H3,(H,31,32)(H,33,34). The lowest BCUT2D eigenvalue weighted by molar-refractivity contribution is -0.133. The summed E-state index contributed by atoms with van der Waals surface area (Å²) in [6.45, 7) is 3.08. The molecule has 0 saturated heterocycles. The minimum atomic E-state index is -0.647. The second-order valence-corrected chi connectivity index (χ2v) is 9.81. The van der Waals surface area contributed by atoms with Crippen molar-refractivity contribution in [3.05, 3.63) is 71.6 Å². The summed E-state index contributed by atoms with van der Waals surface area (Å²) in [6.07, 6.45) is 5.43. The molecule has 10 nitrogen and oxygen atoms in total. The van der Waals surface area contributed by atoms with E-state index in [4.69, 9.17) is 10.7 Å². The van der Waals surface area contributed by atoms with Crippen LogP contribution in [0.15, 0.2) is 48.8 Å². The maximum atomic E-state index is 13.1. The van der Waals surface area contributed by atoms with Crippen LogP contribution >= 0.6 is 0 Å². The van der Waals surface area contributed by atoms with Crippen molar-refractivity contribution in [2.45, 2.75) is 38.8 Å². The van der Waals surface area contributed by atoms with Crippen LogP contribution in [0.25, 0.3) is 33.5 Å². The van der Waals surface area contributed by atoms with E-state index in [9.17, 15) is 9.90 Å². The number of phenols is 1. The lowest BCUT2D eigenvalue weighted by Crippen LogP contribution is -2.47. The van der Waals surface area contributed by atoms with Crippen LogP contribution in [0.4, 0.5) is 0 Å². The zero-order valence-electron chi connectivity index (χ0n) is 21.4. The fourth-order valence-electron chi connectivity index (χ4n) is 5.23. The molecule has 6 rings (SSSR count). The van der Waals surface area contributed by atoms with Gasteiger partial charge in [-0.25, -0.2) is 9.97 Å². The molecule has 4 heterocycles. The highest BCUT2D eigenvalue weighted by molar-refractivity contribution is 5.94. The molecular weight excluding hydrogens is 480 g/mol. The predicted molar refractivity (Wildman–Crippen MR) is 144 cm³/mol. The summed E-state index contributed by atoms with van der Waals surface area (Å²) in [5, 5.41) is 18.5. The van der Waals surface area contributed by atoms with E-state index in [0.717, 1.165) is 56.9 Å². The zero-order chi connectivity index (χ0) is 26.4. The summed E-state index contributed by atoms with van der Waals surface area (Å²) in [7, 11) is 1.90. The smallest absolute Gasteiger partial charge is 0.240 e. The van der Waals surface area contributed by atoms with Crippen molar-refractivity contribution in [3.63, 3.8) is 0 Å². The van der Waals surface area contributed by atoms with Crippen molar-refractivity contribution < 1.29 is 9.90 Å². The van der Waals surface area contributed by atoms with Crippen LogP contribution in [0, 0.1) is 0 Å². The van der Waals surface area contributed by atoms with Crippen LogP contribution in [-0.2, 0) is 37.6 Å². The number of aryl methyl sites for hydroxylation is 2. The van der Waals surface area contributed by atoms with Crippen molar-refractivity contribution in [1.29, 1.82) is 0 Å². The molecule has 0 spiro atoms. The number of nitrogens with one attached hydrogen (secondary N) is 2. The van der Waals surface area contributed by atoms with Gasteiger partial charge in [-0.05, 0) is 47.4 Å². The minimum Gasteiger partial charge on any atom is -0.508 e. The SMILES string of the molecule is CCc1cc(O)ccc1-c1ccc2c(-c3nc4c([nH]3)CN(C(=O)C(N)Cc3nccn3C)CC4)n[nH]c2c1. The molecule has 1 aliphatic heterocycles. The quantitative estimate of drug-likeness (QED) is 0.277. The number of benzene rings is 2. The Balaban J connectivity index is 1.23. The molecule has 38 heavy (non-hydrogen) atoms. The number of imidazole rings is 2. The van der Waals surface area contributed by atoms with Gasteiger partial charge in [-0.15, -0.1) is 0 Å². The molecule has 1 unspecified atom stereocenters. The molecule has 0 radical (unpaired) electrons. The van der Waals surface area contributed by atoms with Crippen molar-refractivity contribution >= 4 is 16.8 Å². The normalized spacial score (nSPS) is 14.1. The van der Waals surface area contributed by atoms with Gasteiger partial charge in [0.05, 0.1) is 29.5 Å². The molecule has 1 atom stereocenters. The third-order valence-corrected chi connectivity index (χ3v) is 7.35. The van der Waals surface area contributed by atoms with Crippen molar-refractivity contribution in [3.8, 4) is 28.4 Å². The van der Waals surface area contributed by atoms with Gasteiger partial charge in [-0.2, -0.15) is 5.10 Å². The molecule has 0 fully saturated rings. The predicted octanol–water partition coefficient (Wildman–Crippen LogP) is 3.08. The number of nitrogens with two attached hydrogens (primary N) is 1. The van der Waals surface area contributed by atoms with E-state index in [-0.39, 0.29) is 11.7 Å². The average Bonchev–Trinajstić information content (AvgIpc) is 3.65. The highest BCUT2D eigenvalue weighted by Gasteiger charge is 2.28. The number of rotatable bonds is 6. The third kappa shape index (κ3) is 4.22. The van der Waals surface area contributed by atoms with Gasteiger partial charge in [0, 0.05) is 44.2 Å². The number of H-pyrrole nitrogens is 2. The Kier molecular flexibility index (Phi) is 5.96. The molecule has 5 N–H and O–H groups in total. The Morgan fingerprint density at radius 3 is 2.89 bits per heavy atom. The van der Waals surface area contributed by atoms with E-state index in [1.807, 2.05) is 36.0 Å². The molecule has 2 aromatic carbocycles. The van der Waals surface area contributed by atoms with Crippen LogP contribution < -0.4 is 5.73 Å². The lowest BCUT2D eigenvalue weighted by Gasteiger charge is -2.28. The Hall–Kier alpha value is -4.44. The number of nitrogens with zero attached hydrogens (tertiary/aromatic N) is 5. The van der Waals surface area contributed by atoms with E-state index in [0.29, 0.717) is 31.8 Å². The zero-order valence-corrected chi connectivity index (χ0v) is 21.4. The first-order valence-electron chi connectivity index (χ1n) is 12.8. The van der Waals surface area contributed by atoms with Gasteiger partial charge in [-0.3, -0.25) is 9.89 Å². The van der Waals surface area contributed by atoms with Gasteiger partial charge in [0.1, 0.15) is 17.3 Å². The number of phenolic OH excluding ortho intramolecular Hbond substituents is 1. The molecule has 0 bridgehead atoms. The van der Waals surface area contributed by atoms with Crippen molar-refractivity contribution in [2.75, 3.05) is 6.54 Å².